The van der Waals surface area contributed by atoms with Crippen molar-refractivity contribution in [2.24, 2.45) is 0 Å². The minimum Gasteiger partial charge on any atom is -0.456 e. The summed E-state index contributed by atoms with van der Waals surface area (Å²) in [6.07, 6.45) is 0. The van der Waals surface area contributed by atoms with Gasteiger partial charge in [-0.25, -0.2) is 0 Å². The lowest BCUT2D eigenvalue weighted by molar-refractivity contribution is 0.666. The molecule has 0 atom stereocenters. The molecule has 0 unspecified atom stereocenters. The Labute approximate surface area is 860 Å². The van der Waals surface area contributed by atoms with E-state index in [0.29, 0.717) is 0 Å². The second-order valence-corrected chi connectivity index (χ2v) is 46.0. The maximum absolute atomic E-state index is 6.64. The predicted molar refractivity (Wildman–Crippen MR) is 629 cm³/mol. The van der Waals surface area contributed by atoms with Crippen LogP contribution < -0.4 is 51.3 Å². The van der Waals surface area contributed by atoms with Gasteiger partial charge in [-0.1, -0.05) is 449 Å². The molecule has 0 N–H and O–H groups in total. The number of anilines is 6. The van der Waals surface area contributed by atoms with Crippen molar-refractivity contribution in [2.45, 2.75) is 0 Å². The van der Waals surface area contributed by atoms with Crippen LogP contribution in [0.2, 0.25) is 0 Å². The van der Waals surface area contributed by atoms with Crippen molar-refractivity contribution in [1.82, 2.24) is 9.13 Å². The van der Waals surface area contributed by atoms with Crippen LogP contribution in [0.1, 0.15) is 0 Å². The van der Waals surface area contributed by atoms with Gasteiger partial charge in [-0.05, 0) is 235 Å². The summed E-state index contributed by atoms with van der Waals surface area (Å²) in [5.74, 6) is 0. The van der Waals surface area contributed by atoms with E-state index in [1.165, 1.54) is 118 Å². The van der Waals surface area contributed by atoms with Crippen LogP contribution in [-0.4, -0.2) is 25.3 Å². The number of furan rings is 2. The summed E-state index contributed by atoms with van der Waals surface area (Å²) >= 11 is 0. The largest absolute Gasteiger partial charge is 0.456 e. The van der Waals surface area contributed by atoms with Crippen LogP contribution in [0.3, 0.4) is 0 Å². The molecule has 696 valence electrons. The molecule has 4 heterocycles. The van der Waals surface area contributed by atoms with E-state index in [2.05, 4.69) is 583 Å². The molecule has 0 aliphatic carbocycles. The number of nitrogens with zero attached hydrogens (tertiary/aromatic N) is 4. The molecule has 24 aromatic carbocycles. The first-order chi connectivity index (χ1) is 73.4. The summed E-state index contributed by atoms with van der Waals surface area (Å²) in [6, 6.07) is 214. The number of benzene rings is 24. The second kappa shape index (κ2) is 37.4. The third kappa shape index (κ3) is 15.1. The zero-order chi connectivity index (χ0) is 98.0. The van der Waals surface area contributed by atoms with Crippen molar-refractivity contribution in [3.8, 4) is 55.9 Å². The molecule has 28 aromatic rings. The number of hydrogen-bond donors (Lipinski definition) is 0. The highest BCUT2D eigenvalue weighted by atomic mass is 28.3. The van der Waals surface area contributed by atoms with Gasteiger partial charge in [0.1, 0.15) is 16.7 Å². The average molecular weight is 1920 g/mol. The van der Waals surface area contributed by atoms with E-state index in [4.69, 9.17) is 8.83 Å². The first-order valence-electron chi connectivity index (χ1n) is 50.8. The van der Waals surface area contributed by atoms with Gasteiger partial charge in [0, 0.05) is 89.0 Å². The van der Waals surface area contributed by atoms with Crippen LogP contribution in [0.15, 0.2) is 591 Å². The summed E-state index contributed by atoms with van der Waals surface area (Å²) in [7, 11) is -5.68. The van der Waals surface area contributed by atoms with Crippen LogP contribution in [0.5, 0.6) is 0 Å². The average Bonchev–Trinajstić information content (AvgIpc) is 1.03. The molecule has 0 saturated heterocycles. The highest BCUT2D eigenvalue weighted by Crippen LogP contribution is 2.47. The Hall–Kier alpha value is -19.0. The maximum atomic E-state index is 6.64. The topological polar surface area (TPSA) is 42.6 Å². The molecular formula is C140H96N4O2Si2. The molecule has 0 fully saturated rings. The lowest BCUT2D eigenvalue weighted by Gasteiger charge is -2.35. The van der Waals surface area contributed by atoms with Gasteiger partial charge in [0.2, 0.25) is 0 Å². The minimum absolute atomic E-state index is 0.882. The van der Waals surface area contributed by atoms with Crippen molar-refractivity contribution in [3.63, 3.8) is 0 Å². The molecule has 6 nitrogen and oxygen atoms in total. The Morgan fingerprint density at radius 2 is 0.459 bits per heavy atom. The Morgan fingerprint density at radius 1 is 0.169 bits per heavy atom. The van der Waals surface area contributed by atoms with E-state index in [1.54, 1.807) is 0 Å². The number of fused-ring (bicyclic) bond motifs is 14. The number of aromatic nitrogens is 2. The van der Waals surface area contributed by atoms with Gasteiger partial charge in [-0.15, -0.1) is 0 Å². The molecule has 4 aromatic heterocycles. The van der Waals surface area contributed by atoms with Gasteiger partial charge in [0.15, 0.2) is 21.7 Å². The molecule has 28 rings (SSSR count). The van der Waals surface area contributed by atoms with Crippen LogP contribution in [0.25, 0.3) is 165 Å². The van der Waals surface area contributed by atoms with Gasteiger partial charge < -0.3 is 27.8 Å². The molecule has 0 aliphatic rings. The van der Waals surface area contributed by atoms with Crippen molar-refractivity contribution < 1.29 is 8.83 Å². The highest BCUT2D eigenvalue weighted by molar-refractivity contribution is 7.20. The third-order valence-electron chi connectivity index (χ3n) is 30.3. The molecule has 0 spiro atoms. The number of hydrogen-bond acceptors (Lipinski definition) is 4. The molecule has 0 aliphatic heterocycles. The summed E-state index contributed by atoms with van der Waals surface area (Å²) in [4.78, 5) is 4.86. The van der Waals surface area contributed by atoms with Crippen LogP contribution in [0.4, 0.5) is 34.1 Å². The standard InChI is InChI=1S/2C70H48N2OSi/c1-4-23-55(24-5-1)74(56-25-6-2-7-26-56,57-27-8-3-9-28-57)58-29-17-22-54(48-58)71(52-44-40-50(41-45-52)60-33-16-21-49-20-10-11-30-59(49)60)53-46-42-51(43-47-53)61-34-18-37-66-69(61)64-32-12-14-36-65(64)72(66)67-38-19-35-63-62-31-13-15-39-68(62)73-70(63)67;1-4-22-56(23-5-1)74(57-24-6-2-7-25-57,58-26-8-3-9-27-58)59-28-17-21-54(47-59)71(52-41-37-50(38-42-52)61-32-16-20-49-19-10-11-29-60(49)61)53-43-39-51(40-44-53)62-33-18-35-67-70(62)65-31-12-14-34-66(65)72(67)55-45-46-64-63-30-13-15-36-68(63)73-69(64)48-55/h2*1-48H. The van der Waals surface area contributed by atoms with Crippen molar-refractivity contribution in [3.05, 3.63) is 582 Å². The van der Waals surface area contributed by atoms with Crippen molar-refractivity contribution >= 4 is 201 Å². The lowest BCUT2D eigenvalue weighted by Crippen LogP contribution is -2.74. The van der Waals surface area contributed by atoms with E-state index in [1.807, 2.05) is 18.2 Å². The van der Waals surface area contributed by atoms with Gasteiger partial charge >= 0.3 is 0 Å². The second-order valence-electron chi connectivity index (χ2n) is 38.3. The summed E-state index contributed by atoms with van der Waals surface area (Å²) in [6.45, 7) is 0. The number of rotatable bonds is 20. The Morgan fingerprint density at radius 3 is 0.885 bits per heavy atom. The van der Waals surface area contributed by atoms with Gasteiger partial charge in [0.05, 0.1) is 27.8 Å². The summed E-state index contributed by atoms with van der Waals surface area (Å²) in [5.41, 5.74) is 26.2. The maximum Gasteiger partial charge on any atom is 0.179 e. The first-order valence-corrected chi connectivity index (χ1v) is 54.8. The van der Waals surface area contributed by atoms with Gasteiger partial charge in [0.25, 0.3) is 0 Å². The Kier molecular flexibility index (Phi) is 22.2. The van der Waals surface area contributed by atoms with Crippen LogP contribution >= 0.6 is 0 Å². The van der Waals surface area contributed by atoms with Crippen molar-refractivity contribution in [1.29, 1.82) is 0 Å². The highest BCUT2D eigenvalue weighted by Gasteiger charge is 2.44. The van der Waals surface area contributed by atoms with Crippen LogP contribution in [0, 0.1) is 0 Å². The molecule has 0 radical (unpaired) electrons. The first kappa shape index (κ1) is 88.0. The molecule has 148 heavy (non-hydrogen) atoms. The minimum atomic E-state index is -2.84. The third-order valence-corrected chi connectivity index (χ3v) is 39.8. The smallest absolute Gasteiger partial charge is 0.179 e. The molecule has 0 saturated carbocycles. The van der Waals surface area contributed by atoms with E-state index in [-0.39, 0.29) is 0 Å². The van der Waals surface area contributed by atoms with E-state index < -0.39 is 16.1 Å². The zero-order valence-electron chi connectivity index (χ0n) is 81.0. The Bertz CT molecular complexity index is 9640. The van der Waals surface area contributed by atoms with E-state index in [9.17, 15) is 0 Å². The fraction of sp³-hybridized carbons (Fsp3) is 0. The van der Waals surface area contributed by atoms with E-state index >= 15 is 0 Å². The lowest BCUT2D eigenvalue weighted by atomic mass is 9.98. The normalized spacial score (nSPS) is 11.8. The van der Waals surface area contributed by atoms with Crippen molar-refractivity contribution in [2.75, 3.05) is 9.80 Å². The SMILES string of the molecule is c1ccc([Si](c2ccccc2)(c2ccccc2)c2cccc(N(c3ccc(-c4cccc5ccccc45)cc3)c3ccc(-c4cccc5c4c4ccccc4n5-c4ccc5c(c4)oc4ccccc45)cc3)c2)cc1.c1ccc([Si](c2ccccc2)(c2ccccc2)c2cccc(N(c3ccc(-c4cccc5ccccc45)cc3)c3ccc(-c4cccc5c4c4ccccc4n5-c4cccc5c4oc4ccccc45)cc3)c2)cc1. The monoisotopic (exact) mass is 1920 g/mol. The van der Waals surface area contributed by atoms with Crippen LogP contribution in [-0.2, 0) is 0 Å². The molecular weight excluding hydrogens is 1830 g/mol. The quantitative estimate of drug-likeness (QED) is 0.0563. The van der Waals surface area contributed by atoms with E-state index in [0.717, 1.165) is 123 Å². The number of para-hydroxylation sites is 5. The molecule has 0 amide bonds. The summed E-state index contributed by atoms with van der Waals surface area (Å²) in [5, 5.41) is 25.0. The van der Waals surface area contributed by atoms with Gasteiger partial charge in [-0.3, -0.25) is 0 Å². The zero-order valence-corrected chi connectivity index (χ0v) is 83.0. The Balaban J connectivity index is 0.000000146. The molecule has 8 heteroatoms. The fourth-order valence-electron chi connectivity index (χ4n) is 23.7. The fourth-order valence-corrected chi connectivity index (χ4v) is 33.3. The molecule has 0 bridgehead atoms. The van der Waals surface area contributed by atoms with Gasteiger partial charge in [-0.2, -0.15) is 0 Å². The summed E-state index contributed by atoms with van der Waals surface area (Å²) < 4.78 is 17.8. The predicted octanol–water partition coefficient (Wildman–Crippen LogP) is 32.0.